The van der Waals surface area contributed by atoms with Gasteiger partial charge in [0.05, 0.1) is 5.92 Å². The molecule has 1 unspecified atom stereocenters. The van der Waals surface area contributed by atoms with Crippen molar-refractivity contribution in [1.82, 2.24) is 9.80 Å². The van der Waals surface area contributed by atoms with E-state index in [9.17, 15) is 9.59 Å². The molecule has 1 fully saturated rings. The maximum Gasteiger partial charge on any atom is 0.307 e. The number of hydrogen-bond acceptors (Lipinski definition) is 3. The van der Waals surface area contributed by atoms with Crippen molar-refractivity contribution in [1.29, 1.82) is 0 Å². The van der Waals surface area contributed by atoms with Crippen LogP contribution in [-0.4, -0.2) is 59.5 Å². The zero-order chi connectivity index (χ0) is 14.4. The van der Waals surface area contributed by atoms with Crippen molar-refractivity contribution in [2.75, 3.05) is 32.7 Å². The highest BCUT2D eigenvalue weighted by Crippen LogP contribution is 2.10. The molecule has 0 aliphatic carbocycles. The molecule has 0 bridgehead atoms. The zero-order valence-electron chi connectivity index (χ0n) is 12.3. The molecule has 0 aromatic rings. The van der Waals surface area contributed by atoms with Crippen LogP contribution < -0.4 is 0 Å². The van der Waals surface area contributed by atoms with Crippen molar-refractivity contribution in [2.24, 2.45) is 11.8 Å². The summed E-state index contributed by atoms with van der Waals surface area (Å²) in [4.78, 5) is 26.9. The third kappa shape index (κ3) is 5.59. The molecule has 0 aromatic carbocycles. The summed E-state index contributed by atoms with van der Waals surface area (Å²) in [6.07, 6.45) is 1.53. The standard InChI is InChI=1S/C14H26N2O3/c1-11(2)9-13(17)16-6-4-5-15(7-8-16)10-12(3)14(18)19/h11-12H,4-10H2,1-3H3,(H,18,19). The van der Waals surface area contributed by atoms with Crippen LogP contribution in [0.2, 0.25) is 0 Å². The van der Waals surface area contributed by atoms with Gasteiger partial charge >= 0.3 is 5.97 Å². The van der Waals surface area contributed by atoms with Gasteiger partial charge in [-0.2, -0.15) is 0 Å². The highest BCUT2D eigenvalue weighted by molar-refractivity contribution is 5.76. The van der Waals surface area contributed by atoms with E-state index in [4.69, 9.17) is 5.11 Å². The first kappa shape index (κ1) is 16.0. The average molecular weight is 270 g/mol. The molecule has 1 heterocycles. The second-order valence-corrected chi connectivity index (χ2v) is 5.87. The van der Waals surface area contributed by atoms with Crippen LogP contribution in [-0.2, 0) is 9.59 Å². The SMILES string of the molecule is CC(C)CC(=O)N1CCCN(CC(C)C(=O)O)CC1. The minimum atomic E-state index is -0.753. The number of amides is 1. The predicted octanol–water partition coefficient (Wildman–Crippen LogP) is 1.29. The summed E-state index contributed by atoms with van der Waals surface area (Å²) in [6.45, 7) is 9.58. The summed E-state index contributed by atoms with van der Waals surface area (Å²) in [5, 5.41) is 8.93. The van der Waals surface area contributed by atoms with Crippen LogP contribution in [0.15, 0.2) is 0 Å². The highest BCUT2D eigenvalue weighted by atomic mass is 16.4. The molecular formula is C14H26N2O3. The summed E-state index contributed by atoms with van der Waals surface area (Å²) >= 11 is 0. The Morgan fingerprint density at radius 2 is 1.79 bits per heavy atom. The van der Waals surface area contributed by atoms with E-state index in [0.717, 1.165) is 32.6 Å². The minimum absolute atomic E-state index is 0.225. The normalized spacial score (nSPS) is 19.3. The number of hydrogen-bond donors (Lipinski definition) is 1. The van der Waals surface area contributed by atoms with E-state index in [-0.39, 0.29) is 11.8 Å². The largest absolute Gasteiger partial charge is 0.481 e. The van der Waals surface area contributed by atoms with Crippen molar-refractivity contribution in [3.63, 3.8) is 0 Å². The van der Waals surface area contributed by atoms with Crippen LogP contribution in [0.4, 0.5) is 0 Å². The van der Waals surface area contributed by atoms with Gasteiger partial charge in [-0.3, -0.25) is 9.59 Å². The number of nitrogens with zero attached hydrogens (tertiary/aromatic N) is 2. The molecule has 0 radical (unpaired) electrons. The van der Waals surface area contributed by atoms with E-state index >= 15 is 0 Å². The zero-order valence-corrected chi connectivity index (χ0v) is 12.3. The van der Waals surface area contributed by atoms with Crippen LogP contribution in [0.1, 0.15) is 33.6 Å². The van der Waals surface area contributed by atoms with Crippen molar-refractivity contribution >= 4 is 11.9 Å². The van der Waals surface area contributed by atoms with Crippen molar-refractivity contribution in [3.05, 3.63) is 0 Å². The van der Waals surface area contributed by atoms with Gasteiger partial charge in [0.2, 0.25) is 5.91 Å². The summed E-state index contributed by atoms with van der Waals surface area (Å²) in [5.74, 6) is -0.489. The minimum Gasteiger partial charge on any atom is -0.481 e. The second-order valence-electron chi connectivity index (χ2n) is 5.87. The molecule has 0 spiro atoms. The predicted molar refractivity (Wildman–Crippen MR) is 73.9 cm³/mol. The number of carboxylic acid groups (broad SMARTS) is 1. The first-order valence-corrected chi connectivity index (χ1v) is 7.13. The second kappa shape index (κ2) is 7.48. The fourth-order valence-electron chi connectivity index (χ4n) is 2.35. The summed E-state index contributed by atoms with van der Waals surface area (Å²) in [7, 11) is 0. The number of rotatable bonds is 5. The fraction of sp³-hybridized carbons (Fsp3) is 0.857. The summed E-state index contributed by atoms with van der Waals surface area (Å²) in [5.41, 5.74) is 0. The Kier molecular flexibility index (Phi) is 6.28. The molecule has 5 heteroatoms. The number of carboxylic acids is 1. The topological polar surface area (TPSA) is 60.9 Å². The van der Waals surface area contributed by atoms with Gasteiger partial charge in [-0.05, 0) is 18.9 Å². The van der Waals surface area contributed by atoms with Gasteiger partial charge in [-0.25, -0.2) is 0 Å². The third-order valence-corrected chi connectivity index (χ3v) is 3.48. The van der Waals surface area contributed by atoms with E-state index < -0.39 is 5.97 Å². The van der Waals surface area contributed by atoms with Crippen molar-refractivity contribution in [3.8, 4) is 0 Å². The van der Waals surface area contributed by atoms with Crippen LogP contribution in [0.3, 0.4) is 0 Å². The maximum atomic E-state index is 12.0. The third-order valence-electron chi connectivity index (χ3n) is 3.48. The highest BCUT2D eigenvalue weighted by Gasteiger charge is 2.22. The van der Waals surface area contributed by atoms with Crippen LogP contribution in [0, 0.1) is 11.8 Å². The molecule has 1 aliphatic heterocycles. The fourth-order valence-corrected chi connectivity index (χ4v) is 2.35. The molecule has 110 valence electrons. The van der Waals surface area contributed by atoms with E-state index in [1.165, 1.54) is 0 Å². The molecule has 0 aromatic heterocycles. The smallest absolute Gasteiger partial charge is 0.307 e. The lowest BCUT2D eigenvalue weighted by atomic mass is 10.1. The lowest BCUT2D eigenvalue weighted by Crippen LogP contribution is -2.37. The molecule has 5 nitrogen and oxygen atoms in total. The van der Waals surface area contributed by atoms with E-state index in [1.807, 2.05) is 4.90 Å². The monoisotopic (exact) mass is 270 g/mol. The Labute approximate surface area is 115 Å². The number of carbonyl (C=O) groups excluding carboxylic acids is 1. The lowest BCUT2D eigenvalue weighted by Gasteiger charge is -2.23. The van der Waals surface area contributed by atoms with E-state index in [0.29, 0.717) is 18.9 Å². The lowest BCUT2D eigenvalue weighted by molar-refractivity contribution is -0.141. The molecule has 19 heavy (non-hydrogen) atoms. The Bertz CT molecular complexity index is 318. The molecular weight excluding hydrogens is 244 g/mol. The van der Waals surface area contributed by atoms with Gasteiger partial charge < -0.3 is 14.9 Å². The first-order valence-electron chi connectivity index (χ1n) is 7.13. The average Bonchev–Trinajstić information content (AvgIpc) is 2.53. The molecule has 1 N–H and O–H groups in total. The Balaban J connectivity index is 2.43. The Morgan fingerprint density at radius 1 is 1.11 bits per heavy atom. The molecule has 1 saturated heterocycles. The van der Waals surface area contributed by atoms with Gasteiger partial charge in [0.1, 0.15) is 0 Å². The molecule has 1 rings (SSSR count). The summed E-state index contributed by atoms with van der Waals surface area (Å²) in [6, 6.07) is 0. The summed E-state index contributed by atoms with van der Waals surface area (Å²) < 4.78 is 0. The van der Waals surface area contributed by atoms with Gasteiger partial charge in [0.15, 0.2) is 0 Å². The molecule has 1 amide bonds. The van der Waals surface area contributed by atoms with E-state index in [2.05, 4.69) is 18.7 Å². The van der Waals surface area contributed by atoms with Gasteiger partial charge in [-0.1, -0.05) is 20.8 Å². The number of carbonyl (C=O) groups is 2. The van der Waals surface area contributed by atoms with Crippen LogP contribution >= 0.6 is 0 Å². The molecule has 0 saturated carbocycles. The quantitative estimate of drug-likeness (QED) is 0.817. The Morgan fingerprint density at radius 3 is 2.37 bits per heavy atom. The van der Waals surface area contributed by atoms with Crippen LogP contribution in [0.5, 0.6) is 0 Å². The van der Waals surface area contributed by atoms with Gasteiger partial charge in [0, 0.05) is 32.6 Å². The van der Waals surface area contributed by atoms with Gasteiger partial charge in [-0.15, -0.1) is 0 Å². The first-order chi connectivity index (χ1) is 8.90. The number of aliphatic carboxylic acids is 1. The maximum absolute atomic E-state index is 12.0. The van der Waals surface area contributed by atoms with Crippen molar-refractivity contribution in [2.45, 2.75) is 33.6 Å². The van der Waals surface area contributed by atoms with Gasteiger partial charge in [0.25, 0.3) is 0 Å². The Hall–Kier alpha value is -1.10. The van der Waals surface area contributed by atoms with Crippen molar-refractivity contribution < 1.29 is 14.7 Å². The van der Waals surface area contributed by atoms with Crippen LogP contribution in [0.25, 0.3) is 0 Å². The molecule has 1 atom stereocenters. The molecule has 1 aliphatic rings. The van der Waals surface area contributed by atoms with E-state index in [1.54, 1.807) is 6.92 Å².